The molecule has 5 rings (SSSR count). The van der Waals surface area contributed by atoms with Crippen LogP contribution in [0.2, 0.25) is 0 Å². The Morgan fingerprint density at radius 2 is 2.00 bits per heavy atom. The largest absolute Gasteiger partial charge is 0.497 e. The van der Waals surface area contributed by atoms with E-state index in [4.69, 9.17) is 28.8 Å². The lowest BCUT2D eigenvalue weighted by Gasteiger charge is -2.25. The number of amides is 1. The lowest BCUT2D eigenvalue weighted by Crippen LogP contribution is -2.32. The van der Waals surface area contributed by atoms with Gasteiger partial charge in [-0.15, -0.1) is 0 Å². The smallest absolute Gasteiger partial charge is 0.490 e. The molecule has 3 heterocycles. The number of H-pyrrole nitrogens is 1. The van der Waals surface area contributed by atoms with Crippen molar-refractivity contribution in [3.63, 3.8) is 0 Å². The number of benzene rings is 2. The van der Waals surface area contributed by atoms with E-state index in [1.54, 1.807) is 13.3 Å². The fraction of sp³-hybridized carbons (Fsp3) is 0.370. The molecular formula is C27H28F3N3O7. The van der Waals surface area contributed by atoms with E-state index in [2.05, 4.69) is 15.5 Å². The summed E-state index contributed by atoms with van der Waals surface area (Å²) in [6, 6.07) is 11.4. The fourth-order valence-corrected chi connectivity index (χ4v) is 4.19. The van der Waals surface area contributed by atoms with Crippen molar-refractivity contribution in [1.29, 1.82) is 0 Å². The number of methoxy groups -OCH3 is 1. The van der Waals surface area contributed by atoms with Crippen molar-refractivity contribution in [3.8, 4) is 28.4 Å². The van der Waals surface area contributed by atoms with Crippen LogP contribution in [-0.2, 0) is 20.7 Å². The Bertz CT molecular complexity index is 1310. The van der Waals surface area contributed by atoms with Crippen molar-refractivity contribution in [1.82, 2.24) is 10.2 Å². The Labute approximate surface area is 227 Å². The minimum Gasteiger partial charge on any atom is -0.497 e. The van der Waals surface area contributed by atoms with E-state index < -0.39 is 12.1 Å². The van der Waals surface area contributed by atoms with Crippen molar-refractivity contribution in [2.24, 2.45) is 5.92 Å². The Kier molecular flexibility index (Phi) is 9.15. The normalized spacial score (nSPS) is 18.0. The third-order valence-corrected chi connectivity index (χ3v) is 6.31. The van der Waals surface area contributed by atoms with Gasteiger partial charge in [0.25, 0.3) is 0 Å². The number of carbonyl (C=O) groups excluding carboxylic acids is 1. The molecular weight excluding hydrogens is 535 g/mol. The summed E-state index contributed by atoms with van der Waals surface area (Å²) >= 11 is 0. The number of aromatic nitrogens is 2. The number of alkyl halides is 3. The first-order chi connectivity index (χ1) is 19.1. The van der Waals surface area contributed by atoms with Crippen molar-refractivity contribution in [2.45, 2.75) is 31.5 Å². The second-order valence-corrected chi connectivity index (χ2v) is 9.12. The zero-order valence-corrected chi connectivity index (χ0v) is 21.5. The number of nitrogens with zero attached hydrogens (tertiary/aromatic N) is 1. The number of ether oxygens (including phenoxy) is 4. The standard InChI is InChI=1S/C25H27N3O5.C2HF3O2/c1-30-20-5-7-23-17(10-20)9-18(14-32-23)25(29)28-22-6-4-16(19-12-26-27-13-19)11-24(22)33-15-21-3-2-8-31-21;3-2(4,5)1(6)7/h4-7,10-13,18,21H,2-3,8-9,14-15H2,1H3,(H,26,27)(H,28,29);(H,6,7). The number of anilines is 1. The van der Waals surface area contributed by atoms with E-state index in [1.807, 2.05) is 42.6 Å². The average Bonchev–Trinajstić information content (AvgIpc) is 3.66. The third-order valence-electron chi connectivity index (χ3n) is 6.31. The highest BCUT2D eigenvalue weighted by Gasteiger charge is 2.38. The van der Waals surface area contributed by atoms with Crippen LogP contribution in [-0.4, -0.2) is 66.4 Å². The Morgan fingerprint density at radius 3 is 2.65 bits per heavy atom. The van der Waals surface area contributed by atoms with E-state index >= 15 is 0 Å². The molecule has 2 unspecified atom stereocenters. The molecule has 2 aliphatic heterocycles. The number of fused-ring (bicyclic) bond motifs is 1. The third kappa shape index (κ3) is 7.44. The fourth-order valence-electron chi connectivity index (χ4n) is 4.19. The van der Waals surface area contributed by atoms with Crippen LogP contribution in [0, 0.1) is 5.92 Å². The molecule has 13 heteroatoms. The minimum atomic E-state index is -5.08. The van der Waals surface area contributed by atoms with E-state index in [0.29, 0.717) is 31.1 Å². The van der Waals surface area contributed by atoms with Crippen LogP contribution in [0.1, 0.15) is 18.4 Å². The number of carbonyl (C=O) groups is 2. The number of hydrogen-bond acceptors (Lipinski definition) is 7. The molecule has 10 nitrogen and oxygen atoms in total. The average molecular weight is 564 g/mol. The summed E-state index contributed by atoms with van der Waals surface area (Å²) in [7, 11) is 1.63. The maximum atomic E-state index is 13.1. The zero-order valence-electron chi connectivity index (χ0n) is 21.5. The number of carboxylic acids is 1. The van der Waals surface area contributed by atoms with E-state index in [9.17, 15) is 18.0 Å². The summed E-state index contributed by atoms with van der Waals surface area (Å²) in [5.41, 5.74) is 3.49. The van der Waals surface area contributed by atoms with Crippen LogP contribution < -0.4 is 19.5 Å². The van der Waals surface area contributed by atoms with Crippen LogP contribution in [0.25, 0.3) is 11.1 Å². The van der Waals surface area contributed by atoms with Crippen molar-refractivity contribution >= 4 is 17.6 Å². The maximum absolute atomic E-state index is 13.1. The maximum Gasteiger partial charge on any atom is 0.490 e. The first kappa shape index (κ1) is 28.7. The first-order valence-corrected chi connectivity index (χ1v) is 12.4. The molecule has 1 amide bonds. The number of aliphatic carboxylic acids is 1. The highest BCUT2D eigenvalue weighted by molar-refractivity contribution is 5.95. The molecule has 3 N–H and O–H groups in total. The Hall–Kier alpha value is -4.26. The number of carboxylic acid groups (broad SMARTS) is 1. The molecule has 1 aromatic heterocycles. The quantitative estimate of drug-likeness (QED) is 0.384. The number of nitrogens with one attached hydrogen (secondary N) is 2. The van der Waals surface area contributed by atoms with Crippen LogP contribution in [0.15, 0.2) is 48.8 Å². The van der Waals surface area contributed by atoms with Gasteiger partial charge in [0.1, 0.15) is 30.5 Å². The Morgan fingerprint density at radius 1 is 1.20 bits per heavy atom. The zero-order chi connectivity index (χ0) is 28.7. The van der Waals surface area contributed by atoms with Gasteiger partial charge in [0, 0.05) is 18.4 Å². The van der Waals surface area contributed by atoms with E-state index in [0.717, 1.165) is 47.6 Å². The summed E-state index contributed by atoms with van der Waals surface area (Å²) < 4.78 is 54.7. The van der Waals surface area contributed by atoms with Gasteiger partial charge in [0.2, 0.25) is 5.91 Å². The van der Waals surface area contributed by atoms with Gasteiger partial charge in [-0.2, -0.15) is 18.3 Å². The van der Waals surface area contributed by atoms with Gasteiger partial charge < -0.3 is 29.4 Å². The molecule has 214 valence electrons. The van der Waals surface area contributed by atoms with Gasteiger partial charge in [0.15, 0.2) is 0 Å². The topological polar surface area (TPSA) is 132 Å². The Balaban J connectivity index is 0.000000470. The summed E-state index contributed by atoms with van der Waals surface area (Å²) in [4.78, 5) is 22.0. The molecule has 1 saturated heterocycles. The van der Waals surface area contributed by atoms with Gasteiger partial charge in [-0.1, -0.05) is 6.07 Å². The van der Waals surface area contributed by atoms with Crippen LogP contribution in [0.5, 0.6) is 17.2 Å². The first-order valence-electron chi connectivity index (χ1n) is 12.4. The van der Waals surface area contributed by atoms with Crippen LogP contribution >= 0.6 is 0 Å². The highest BCUT2D eigenvalue weighted by atomic mass is 19.4. The van der Waals surface area contributed by atoms with Crippen molar-refractivity contribution in [3.05, 3.63) is 54.4 Å². The summed E-state index contributed by atoms with van der Waals surface area (Å²) in [5, 5.41) is 17.0. The van der Waals surface area contributed by atoms with E-state index in [1.165, 1.54) is 0 Å². The second kappa shape index (κ2) is 12.7. The van der Waals surface area contributed by atoms with Gasteiger partial charge in [-0.25, -0.2) is 4.79 Å². The van der Waals surface area contributed by atoms with Gasteiger partial charge in [-0.05, 0) is 60.7 Å². The molecule has 2 aromatic carbocycles. The molecule has 3 aromatic rings. The van der Waals surface area contributed by atoms with E-state index in [-0.39, 0.29) is 17.9 Å². The number of aromatic amines is 1. The highest BCUT2D eigenvalue weighted by Crippen LogP contribution is 2.34. The summed E-state index contributed by atoms with van der Waals surface area (Å²) in [5.74, 6) is -1.03. The van der Waals surface area contributed by atoms with Crippen molar-refractivity contribution < 1.29 is 46.8 Å². The van der Waals surface area contributed by atoms with Crippen LogP contribution in [0.4, 0.5) is 18.9 Å². The predicted octanol–water partition coefficient (Wildman–Crippen LogP) is 4.47. The lowest BCUT2D eigenvalue weighted by molar-refractivity contribution is -0.192. The lowest BCUT2D eigenvalue weighted by atomic mass is 9.95. The molecule has 1 fully saturated rings. The molecule has 0 saturated carbocycles. The molecule has 2 aliphatic rings. The summed E-state index contributed by atoms with van der Waals surface area (Å²) in [6.07, 6.45) is 1.17. The minimum absolute atomic E-state index is 0.0735. The summed E-state index contributed by atoms with van der Waals surface area (Å²) in [6.45, 7) is 1.53. The SMILES string of the molecule is COc1ccc2c(c1)CC(C(=O)Nc1ccc(-c3cn[nH]c3)cc1OCC1CCCO1)CO2.O=C(O)C(F)(F)F. The number of hydrogen-bond donors (Lipinski definition) is 3. The predicted molar refractivity (Wildman–Crippen MR) is 136 cm³/mol. The molecule has 2 atom stereocenters. The van der Waals surface area contributed by atoms with Crippen molar-refractivity contribution in [2.75, 3.05) is 32.2 Å². The number of halogens is 3. The number of rotatable bonds is 7. The molecule has 0 bridgehead atoms. The van der Waals surface area contributed by atoms with Gasteiger partial charge in [-0.3, -0.25) is 9.89 Å². The second-order valence-electron chi connectivity index (χ2n) is 9.12. The molecule has 40 heavy (non-hydrogen) atoms. The monoisotopic (exact) mass is 563 g/mol. The van der Waals surface area contributed by atoms with Gasteiger partial charge in [0.05, 0.1) is 31.0 Å². The van der Waals surface area contributed by atoms with Gasteiger partial charge >= 0.3 is 12.1 Å². The molecule has 0 spiro atoms. The molecule has 0 aliphatic carbocycles. The van der Waals surface area contributed by atoms with Crippen LogP contribution in [0.3, 0.4) is 0 Å². The molecule has 0 radical (unpaired) electrons.